The zero-order valence-electron chi connectivity index (χ0n) is 13.0. The van der Waals surface area contributed by atoms with Gasteiger partial charge in [0.15, 0.2) is 0 Å². The monoisotopic (exact) mass is 298 g/mol. The number of halogens is 1. The highest BCUT2D eigenvalue weighted by Gasteiger charge is 2.15. The van der Waals surface area contributed by atoms with Gasteiger partial charge < -0.3 is 9.72 Å². The Labute approximate surface area is 129 Å². The molecule has 1 N–H and O–H groups in total. The molecule has 4 heteroatoms. The lowest BCUT2D eigenvalue weighted by molar-refractivity contribution is 0.466. The van der Waals surface area contributed by atoms with Crippen molar-refractivity contribution in [2.24, 2.45) is 0 Å². The molecule has 3 aromatic rings. The molecule has 0 unspecified atom stereocenters. The van der Waals surface area contributed by atoms with Crippen LogP contribution in [0.2, 0.25) is 0 Å². The fourth-order valence-electron chi connectivity index (χ4n) is 2.70. The molecule has 0 saturated carbocycles. The average Bonchev–Trinajstić information content (AvgIpc) is 2.81. The quantitative estimate of drug-likeness (QED) is 0.730. The maximum absolute atomic E-state index is 13.0. The fraction of sp³-hybridized carbons (Fsp3) is 0.278. The van der Waals surface area contributed by atoms with Crippen molar-refractivity contribution in [1.29, 1.82) is 0 Å². The minimum absolute atomic E-state index is 0.282. The van der Waals surface area contributed by atoms with Crippen molar-refractivity contribution in [3.63, 3.8) is 0 Å². The van der Waals surface area contributed by atoms with Crippen LogP contribution in [0.1, 0.15) is 30.2 Å². The highest BCUT2D eigenvalue weighted by Crippen LogP contribution is 2.33. The third kappa shape index (κ3) is 2.56. The van der Waals surface area contributed by atoms with E-state index >= 15 is 0 Å². The Morgan fingerprint density at radius 1 is 1.18 bits per heavy atom. The van der Waals surface area contributed by atoms with E-state index in [-0.39, 0.29) is 5.82 Å². The van der Waals surface area contributed by atoms with Gasteiger partial charge in [-0.15, -0.1) is 0 Å². The predicted molar refractivity (Wildman–Crippen MR) is 86.0 cm³/mol. The number of nitrogens with one attached hydrogen (secondary N) is 1. The van der Waals surface area contributed by atoms with Crippen molar-refractivity contribution in [2.75, 3.05) is 0 Å². The van der Waals surface area contributed by atoms with Crippen LogP contribution in [-0.2, 0) is 6.42 Å². The minimum Gasteiger partial charge on any atom is -0.437 e. The van der Waals surface area contributed by atoms with Crippen LogP contribution in [0.4, 0.5) is 4.39 Å². The lowest BCUT2D eigenvalue weighted by Crippen LogP contribution is -1.94. The number of aromatic nitrogens is 2. The highest BCUT2D eigenvalue weighted by atomic mass is 19.1. The van der Waals surface area contributed by atoms with Crippen molar-refractivity contribution in [1.82, 2.24) is 9.97 Å². The van der Waals surface area contributed by atoms with Crippen molar-refractivity contribution >= 4 is 10.9 Å². The van der Waals surface area contributed by atoms with Gasteiger partial charge in [0.05, 0.1) is 0 Å². The SMILES string of the molecule is CCCc1cnc(Oc2ccc(F)cc2)c2[nH]c(C)c(C)c12. The molecule has 3 nitrogen and oxygen atoms in total. The number of hydrogen-bond donors (Lipinski definition) is 1. The molecule has 0 spiro atoms. The van der Waals surface area contributed by atoms with Crippen LogP contribution >= 0.6 is 0 Å². The van der Waals surface area contributed by atoms with Gasteiger partial charge in [-0.1, -0.05) is 13.3 Å². The van der Waals surface area contributed by atoms with Gasteiger partial charge in [-0.3, -0.25) is 0 Å². The van der Waals surface area contributed by atoms with Gasteiger partial charge in [-0.25, -0.2) is 9.37 Å². The Bertz CT molecular complexity index is 806. The van der Waals surface area contributed by atoms with Crippen molar-refractivity contribution in [3.8, 4) is 11.6 Å². The molecule has 0 aliphatic carbocycles. The van der Waals surface area contributed by atoms with E-state index in [1.807, 2.05) is 13.1 Å². The summed E-state index contributed by atoms with van der Waals surface area (Å²) in [4.78, 5) is 7.81. The van der Waals surface area contributed by atoms with Gasteiger partial charge in [0.2, 0.25) is 5.88 Å². The predicted octanol–water partition coefficient (Wildman–Crippen LogP) is 5.06. The minimum atomic E-state index is -0.282. The third-order valence-corrected chi connectivity index (χ3v) is 3.92. The van der Waals surface area contributed by atoms with Crippen LogP contribution < -0.4 is 4.74 Å². The summed E-state index contributed by atoms with van der Waals surface area (Å²) in [5.74, 6) is 0.816. The average molecular weight is 298 g/mol. The van der Waals surface area contributed by atoms with E-state index < -0.39 is 0 Å². The Balaban J connectivity index is 2.08. The van der Waals surface area contributed by atoms with Crippen molar-refractivity contribution < 1.29 is 9.13 Å². The second kappa shape index (κ2) is 5.79. The summed E-state index contributed by atoms with van der Waals surface area (Å²) in [6.07, 6.45) is 3.93. The molecule has 0 aliphatic rings. The summed E-state index contributed by atoms with van der Waals surface area (Å²) in [6.45, 7) is 6.31. The molecule has 1 aromatic carbocycles. The largest absolute Gasteiger partial charge is 0.437 e. The Morgan fingerprint density at radius 2 is 1.91 bits per heavy atom. The zero-order valence-corrected chi connectivity index (χ0v) is 13.0. The first kappa shape index (κ1) is 14.6. The van der Waals surface area contributed by atoms with E-state index in [9.17, 15) is 4.39 Å². The third-order valence-electron chi connectivity index (χ3n) is 3.92. The standard InChI is InChI=1S/C18H19FN2O/c1-4-5-13-10-20-18(17-16(13)11(2)12(3)21-17)22-15-8-6-14(19)7-9-15/h6-10,21H,4-5H2,1-3H3. The molecule has 0 fully saturated rings. The molecule has 0 aliphatic heterocycles. The Morgan fingerprint density at radius 3 is 2.59 bits per heavy atom. The van der Waals surface area contributed by atoms with Gasteiger partial charge >= 0.3 is 0 Å². The smallest absolute Gasteiger partial charge is 0.243 e. The first-order valence-electron chi connectivity index (χ1n) is 7.50. The summed E-state index contributed by atoms with van der Waals surface area (Å²) in [5, 5.41) is 1.19. The van der Waals surface area contributed by atoms with E-state index in [0.717, 1.165) is 24.1 Å². The van der Waals surface area contributed by atoms with E-state index in [2.05, 4.69) is 23.8 Å². The maximum atomic E-state index is 13.0. The normalized spacial score (nSPS) is 11.1. The Hall–Kier alpha value is -2.36. The van der Waals surface area contributed by atoms with Crippen LogP contribution in [-0.4, -0.2) is 9.97 Å². The number of H-pyrrole nitrogens is 1. The molecule has 0 amide bonds. The van der Waals surface area contributed by atoms with Crippen molar-refractivity contribution in [3.05, 3.63) is 53.1 Å². The summed E-state index contributed by atoms with van der Waals surface area (Å²) in [5.41, 5.74) is 4.48. The molecule has 114 valence electrons. The van der Waals surface area contributed by atoms with Crippen LogP contribution in [0.3, 0.4) is 0 Å². The number of hydrogen-bond acceptors (Lipinski definition) is 2. The second-order valence-electron chi connectivity index (χ2n) is 5.52. The molecule has 2 heterocycles. The number of aryl methyl sites for hydroxylation is 3. The number of nitrogens with zero attached hydrogens (tertiary/aromatic N) is 1. The van der Waals surface area contributed by atoms with Gasteiger partial charge in [0, 0.05) is 17.3 Å². The maximum Gasteiger partial charge on any atom is 0.243 e. The summed E-state index contributed by atoms with van der Waals surface area (Å²) in [7, 11) is 0. The molecule has 3 rings (SSSR count). The molecule has 0 bridgehead atoms. The number of rotatable bonds is 4. The van der Waals surface area contributed by atoms with E-state index in [0.29, 0.717) is 11.6 Å². The number of aromatic amines is 1. The second-order valence-corrected chi connectivity index (χ2v) is 5.52. The lowest BCUT2D eigenvalue weighted by atomic mass is 10.0. The van der Waals surface area contributed by atoms with Gasteiger partial charge in [0.25, 0.3) is 0 Å². The zero-order chi connectivity index (χ0) is 15.7. The van der Waals surface area contributed by atoms with E-state index in [4.69, 9.17) is 4.74 Å². The molecule has 22 heavy (non-hydrogen) atoms. The topological polar surface area (TPSA) is 37.9 Å². The first-order chi connectivity index (χ1) is 10.6. The molecular formula is C18H19FN2O. The molecule has 2 aromatic heterocycles. The summed E-state index contributed by atoms with van der Waals surface area (Å²) >= 11 is 0. The molecule has 0 atom stereocenters. The molecular weight excluding hydrogens is 279 g/mol. The molecule has 0 radical (unpaired) electrons. The van der Waals surface area contributed by atoms with Crippen LogP contribution in [0, 0.1) is 19.7 Å². The van der Waals surface area contributed by atoms with Crippen LogP contribution in [0.15, 0.2) is 30.5 Å². The van der Waals surface area contributed by atoms with Gasteiger partial charge in [-0.05, 0) is 55.7 Å². The van der Waals surface area contributed by atoms with Crippen LogP contribution in [0.25, 0.3) is 10.9 Å². The first-order valence-corrected chi connectivity index (χ1v) is 7.50. The Kier molecular flexibility index (Phi) is 3.84. The van der Waals surface area contributed by atoms with Crippen molar-refractivity contribution in [2.45, 2.75) is 33.6 Å². The number of pyridine rings is 1. The fourth-order valence-corrected chi connectivity index (χ4v) is 2.70. The lowest BCUT2D eigenvalue weighted by Gasteiger charge is -2.09. The van der Waals surface area contributed by atoms with E-state index in [1.165, 1.54) is 28.6 Å². The molecule has 0 saturated heterocycles. The van der Waals surface area contributed by atoms with Crippen LogP contribution in [0.5, 0.6) is 11.6 Å². The van der Waals surface area contributed by atoms with E-state index in [1.54, 1.807) is 12.1 Å². The van der Waals surface area contributed by atoms with Gasteiger partial charge in [-0.2, -0.15) is 0 Å². The summed E-state index contributed by atoms with van der Waals surface area (Å²) in [6, 6.07) is 5.96. The highest BCUT2D eigenvalue weighted by molar-refractivity contribution is 5.91. The number of benzene rings is 1. The number of fused-ring (bicyclic) bond motifs is 1. The summed E-state index contributed by atoms with van der Waals surface area (Å²) < 4.78 is 18.8. The van der Waals surface area contributed by atoms with Gasteiger partial charge in [0.1, 0.15) is 17.1 Å². The number of ether oxygens (including phenoxy) is 1.